The van der Waals surface area contributed by atoms with E-state index in [1.54, 1.807) is 0 Å². The van der Waals surface area contributed by atoms with Crippen molar-refractivity contribution >= 4 is 27.6 Å². The molecule has 0 bridgehead atoms. The minimum atomic E-state index is -4.49. The molecular formula is C11H11NO5S. The van der Waals surface area contributed by atoms with Crippen molar-refractivity contribution < 1.29 is 22.6 Å². The highest BCUT2D eigenvalue weighted by Gasteiger charge is 2.34. The third-order valence-corrected chi connectivity index (χ3v) is 3.79. The molecule has 7 heteroatoms. The molecular weight excluding hydrogens is 258 g/mol. The minimum absolute atomic E-state index is 0.0533. The fraction of sp³-hybridized carbons (Fsp3) is 0.273. The lowest BCUT2D eigenvalue weighted by atomic mass is 10.2. The molecule has 18 heavy (non-hydrogen) atoms. The first-order chi connectivity index (χ1) is 8.32. The molecule has 1 aromatic carbocycles. The quantitative estimate of drug-likeness (QED) is 0.636. The van der Waals surface area contributed by atoms with Gasteiger partial charge in [0.05, 0.1) is 5.69 Å². The number of aryl methyl sites for hydroxylation is 1. The molecule has 0 radical (unpaired) electrons. The van der Waals surface area contributed by atoms with E-state index in [1.807, 2.05) is 0 Å². The standard InChI is InChI=1S/C11H11NO5S/c1-7-3-2-4-8(11(7)18(15,16)17)12-9(13)5-6-10(12)14/h2-4H,5-6H2,1H3,(H,15,16,17). The molecule has 1 N–H and O–H groups in total. The van der Waals surface area contributed by atoms with E-state index in [0.29, 0.717) is 0 Å². The predicted molar refractivity (Wildman–Crippen MR) is 62.7 cm³/mol. The Morgan fingerprint density at radius 1 is 1.17 bits per heavy atom. The first kappa shape index (κ1) is 12.7. The van der Waals surface area contributed by atoms with E-state index < -0.39 is 26.8 Å². The number of imide groups is 1. The molecule has 0 saturated carbocycles. The van der Waals surface area contributed by atoms with Gasteiger partial charge in [-0.1, -0.05) is 12.1 Å². The van der Waals surface area contributed by atoms with Gasteiger partial charge < -0.3 is 0 Å². The molecule has 0 atom stereocenters. The Balaban J connectivity index is 2.69. The van der Waals surface area contributed by atoms with Crippen molar-refractivity contribution in [3.05, 3.63) is 23.8 Å². The highest BCUT2D eigenvalue weighted by Crippen LogP contribution is 2.31. The van der Waals surface area contributed by atoms with Gasteiger partial charge in [0.15, 0.2) is 0 Å². The van der Waals surface area contributed by atoms with Gasteiger partial charge in [-0.25, -0.2) is 4.90 Å². The van der Waals surface area contributed by atoms with Gasteiger partial charge in [0, 0.05) is 12.8 Å². The number of hydrogen-bond donors (Lipinski definition) is 1. The Labute approximate surface area is 104 Å². The lowest BCUT2D eigenvalue weighted by molar-refractivity contribution is -0.121. The van der Waals surface area contributed by atoms with E-state index in [9.17, 15) is 22.6 Å². The molecule has 0 aromatic heterocycles. The average molecular weight is 269 g/mol. The highest BCUT2D eigenvalue weighted by molar-refractivity contribution is 7.86. The van der Waals surface area contributed by atoms with Gasteiger partial charge in [-0.2, -0.15) is 8.42 Å². The van der Waals surface area contributed by atoms with Gasteiger partial charge in [0.2, 0.25) is 11.8 Å². The lowest BCUT2D eigenvalue weighted by Crippen LogP contribution is -2.30. The van der Waals surface area contributed by atoms with Crippen molar-refractivity contribution in [2.75, 3.05) is 4.90 Å². The smallest absolute Gasteiger partial charge is 0.282 e. The number of benzene rings is 1. The fourth-order valence-corrected chi connectivity index (χ4v) is 2.89. The van der Waals surface area contributed by atoms with Crippen LogP contribution in [0.25, 0.3) is 0 Å². The van der Waals surface area contributed by atoms with E-state index in [1.165, 1.54) is 25.1 Å². The van der Waals surface area contributed by atoms with Crippen LogP contribution in [0.5, 0.6) is 0 Å². The van der Waals surface area contributed by atoms with Crippen molar-refractivity contribution in [2.24, 2.45) is 0 Å². The van der Waals surface area contributed by atoms with E-state index in [2.05, 4.69) is 0 Å². The Morgan fingerprint density at radius 3 is 2.22 bits per heavy atom. The molecule has 6 nitrogen and oxygen atoms in total. The van der Waals surface area contributed by atoms with E-state index in [-0.39, 0.29) is 24.1 Å². The average Bonchev–Trinajstić information content (AvgIpc) is 2.56. The molecule has 2 rings (SSSR count). The summed E-state index contributed by atoms with van der Waals surface area (Å²) in [6.07, 6.45) is 0.107. The second-order valence-electron chi connectivity index (χ2n) is 4.02. The Morgan fingerprint density at radius 2 is 1.72 bits per heavy atom. The third kappa shape index (κ3) is 2.02. The number of carbonyl (C=O) groups is 2. The first-order valence-corrected chi connectivity index (χ1v) is 6.69. The van der Waals surface area contributed by atoms with Gasteiger partial charge in [-0.3, -0.25) is 14.1 Å². The SMILES string of the molecule is Cc1cccc(N2C(=O)CCC2=O)c1S(=O)(=O)O. The second kappa shape index (κ2) is 4.18. The maximum atomic E-state index is 11.6. The zero-order valence-electron chi connectivity index (χ0n) is 9.58. The molecule has 1 aliphatic rings. The van der Waals surface area contributed by atoms with Crippen molar-refractivity contribution in [3.63, 3.8) is 0 Å². The zero-order chi connectivity index (χ0) is 13.5. The normalized spacial score (nSPS) is 16.4. The molecule has 1 saturated heterocycles. The number of amides is 2. The largest absolute Gasteiger partial charge is 0.296 e. The second-order valence-corrected chi connectivity index (χ2v) is 5.38. The molecule has 1 aromatic rings. The van der Waals surface area contributed by atoms with Crippen molar-refractivity contribution in [3.8, 4) is 0 Å². The van der Waals surface area contributed by atoms with Crippen molar-refractivity contribution in [2.45, 2.75) is 24.7 Å². The molecule has 0 unspecified atom stereocenters. The molecule has 1 fully saturated rings. The molecule has 0 spiro atoms. The summed E-state index contributed by atoms with van der Waals surface area (Å²) >= 11 is 0. The maximum Gasteiger partial charge on any atom is 0.296 e. The van der Waals surface area contributed by atoms with Crippen LogP contribution in [-0.2, 0) is 19.7 Å². The monoisotopic (exact) mass is 269 g/mol. The summed E-state index contributed by atoms with van der Waals surface area (Å²) in [6, 6.07) is 4.34. The van der Waals surface area contributed by atoms with Crippen LogP contribution in [0.1, 0.15) is 18.4 Å². The van der Waals surface area contributed by atoms with E-state index >= 15 is 0 Å². The first-order valence-electron chi connectivity index (χ1n) is 5.25. The minimum Gasteiger partial charge on any atom is -0.282 e. The Kier molecular flexibility index (Phi) is 2.95. The fourth-order valence-electron chi connectivity index (χ4n) is 1.99. The van der Waals surface area contributed by atoms with Gasteiger partial charge in [-0.05, 0) is 18.6 Å². The molecule has 96 valence electrons. The number of anilines is 1. The van der Waals surface area contributed by atoms with Crippen LogP contribution >= 0.6 is 0 Å². The summed E-state index contributed by atoms with van der Waals surface area (Å²) in [6.45, 7) is 1.48. The van der Waals surface area contributed by atoms with E-state index in [4.69, 9.17) is 0 Å². The Bertz CT molecular complexity index is 619. The number of rotatable bonds is 2. The summed E-state index contributed by atoms with van der Waals surface area (Å²) in [5.74, 6) is -0.925. The van der Waals surface area contributed by atoms with Crippen LogP contribution in [0, 0.1) is 6.92 Å². The summed E-state index contributed by atoms with van der Waals surface area (Å²) in [5, 5.41) is 0. The van der Waals surface area contributed by atoms with Crippen LogP contribution in [-0.4, -0.2) is 24.8 Å². The third-order valence-electron chi connectivity index (χ3n) is 2.74. The van der Waals surface area contributed by atoms with Gasteiger partial charge >= 0.3 is 0 Å². The predicted octanol–water partition coefficient (Wildman–Crippen LogP) is 0.895. The summed E-state index contributed by atoms with van der Waals surface area (Å²) in [5.41, 5.74) is 0.201. The Hall–Kier alpha value is -1.73. The van der Waals surface area contributed by atoms with Crippen LogP contribution in [0.4, 0.5) is 5.69 Å². The molecule has 1 heterocycles. The van der Waals surface area contributed by atoms with Crippen LogP contribution in [0.2, 0.25) is 0 Å². The summed E-state index contributed by atoms with van der Waals surface area (Å²) in [7, 11) is -4.49. The lowest BCUT2D eigenvalue weighted by Gasteiger charge is -2.17. The van der Waals surface area contributed by atoms with Crippen LogP contribution in [0.3, 0.4) is 0 Å². The van der Waals surface area contributed by atoms with Gasteiger partial charge in [0.1, 0.15) is 4.90 Å². The molecule has 1 aliphatic heterocycles. The van der Waals surface area contributed by atoms with Crippen LogP contribution in [0.15, 0.2) is 23.1 Å². The molecule has 0 aliphatic carbocycles. The van der Waals surface area contributed by atoms with E-state index in [0.717, 1.165) is 4.90 Å². The van der Waals surface area contributed by atoms with Crippen LogP contribution < -0.4 is 4.90 Å². The summed E-state index contributed by atoms with van der Waals surface area (Å²) < 4.78 is 31.9. The number of nitrogens with zero attached hydrogens (tertiary/aromatic N) is 1. The maximum absolute atomic E-state index is 11.6. The molecule has 2 amide bonds. The van der Waals surface area contributed by atoms with Gasteiger partial charge in [-0.15, -0.1) is 0 Å². The zero-order valence-corrected chi connectivity index (χ0v) is 10.4. The summed E-state index contributed by atoms with van der Waals surface area (Å²) in [4.78, 5) is 23.6. The van der Waals surface area contributed by atoms with Gasteiger partial charge in [0.25, 0.3) is 10.1 Å². The topological polar surface area (TPSA) is 91.8 Å². The van der Waals surface area contributed by atoms with Crippen molar-refractivity contribution in [1.29, 1.82) is 0 Å². The highest BCUT2D eigenvalue weighted by atomic mass is 32.2. The number of hydrogen-bond acceptors (Lipinski definition) is 4. The number of carbonyl (C=O) groups excluding carboxylic acids is 2. The van der Waals surface area contributed by atoms with Crippen molar-refractivity contribution in [1.82, 2.24) is 0 Å².